The van der Waals surface area contributed by atoms with Gasteiger partial charge < -0.3 is 15.1 Å². The smallest absolute Gasteiger partial charge is 0.321 e. The van der Waals surface area contributed by atoms with E-state index in [4.69, 9.17) is 0 Å². The Bertz CT molecular complexity index is 1460. The van der Waals surface area contributed by atoms with E-state index < -0.39 is 27.9 Å². The van der Waals surface area contributed by atoms with Gasteiger partial charge in [0.2, 0.25) is 15.9 Å². The lowest BCUT2D eigenvalue weighted by Crippen LogP contribution is -2.62. The molecule has 2 saturated heterocycles. The number of nitrogens with zero attached hydrogens (tertiary/aromatic N) is 3. The minimum Gasteiger partial charge on any atom is -0.341 e. The topological polar surface area (TPSA) is 90.0 Å². The van der Waals surface area contributed by atoms with Crippen molar-refractivity contribution in [1.29, 1.82) is 0 Å². The zero-order chi connectivity index (χ0) is 29.0. The van der Waals surface area contributed by atoms with Crippen LogP contribution in [0.25, 0.3) is 0 Å². The summed E-state index contributed by atoms with van der Waals surface area (Å²) in [5.41, 5.74) is 2.93. The van der Waals surface area contributed by atoms with Gasteiger partial charge in [-0.15, -0.1) is 0 Å². The number of carbonyl (C=O) groups is 2. The van der Waals surface area contributed by atoms with Crippen molar-refractivity contribution in [2.45, 2.75) is 37.1 Å². The predicted octanol–water partition coefficient (Wildman–Crippen LogP) is 4.52. The summed E-state index contributed by atoms with van der Waals surface area (Å²) >= 11 is 0. The normalized spacial score (nSPS) is 18.7. The van der Waals surface area contributed by atoms with Crippen molar-refractivity contribution >= 4 is 27.6 Å². The minimum atomic E-state index is -4.12. The molecule has 0 spiro atoms. The van der Waals surface area contributed by atoms with Gasteiger partial charge in [0.05, 0.1) is 4.90 Å². The number of anilines is 1. The molecular weight excluding hydrogens is 543 g/mol. The molecule has 2 aliphatic heterocycles. The van der Waals surface area contributed by atoms with Crippen LogP contribution >= 0.6 is 0 Å². The molecule has 41 heavy (non-hydrogen) atoms. The van der Waals surface area contributed by atoms with Gasteiger partial charge in [-0.25, -0.2) is 17.6 Å². The highest BCUT2D eigenvalue weighted by Crippen LogP contribution is 2.27. The molecule has 5 rings (SSSR count). The molecule has 0 saturated carbocycles. The Kier molecular flexibility index (Phi) is 8.70. The number of amides is 3. The molecule has 1 atom stereocenters. The maximum absolute atomic E-state index is 13.9. The second-order valence-corrected chi connectivity index (χ2v) is 12.7. The van der Waals surface area contributed by atoms with Gasteiger partial charge >= 0.3 is 6.03 Å². The highest BCUT2D eigenvalue weighted by atomic mass is 32.2. The third kappa shape index (κ3) is 6.77. The summed E-state index contributed by atoms with van der Waals surface area (Å²) in [5.74, 6) is -0.433. The van der Waals surface area contributed by atoms with Gasteiger partial charge in [0.25, 0.3) is 0 Å². The first-order chi connectivity index (χ1) is 19.7. The molecule has 2 aliphatic rings. The largest absolute Gasteiger partial charge is 0.341 e. The lowest BCUT2D eigenvalue weighted by Gasteiger charge is -2.42. The quantitative estimate of drug-likeness (QED) is 0.466. The fourth-order valence-corrected chi connectivity index (χ4v) is 7.10. The van der Waals surface area contributed by atoms with Crippen LogP contribution in [0.2, 0.25) is 0 Å². The third-order valence-electron chi connectivity index (χ3n) is 7.92. The van der Waals surface area contributed by atoms with Crippen LogP contribution in [-0.4, -0.2) is 73.2 Å². The maximum atomic E-state index is 13.9. The van der Waals surface area contributed by atoms with Crippen LogP contribution in [0, 0.1) is 18.7 Å². The van der Waals surface area contributed by atoms with Crippen molar-refractivity contribution in [1.82, 2.24) is 14.1 Å². The third-order valence-corrected chi connectivity index (χ3v) is 9.84. The molecule has 0 bridgehead atoms. The Balaban J connectivity index is 1.33. The second kappa shape index (κ2) is 12.4. The van der Waals surface area contributed by atoms with E-state index in [1.54, 1.807) is 17.0 Å². The number of urea groups is 1. The van der Waals surface area contributed by atoms with E-state index in [0.717, 1.165) is 37.0 Å². The molecule has 0 aromatic heterocycles. The Hall–Kier alpha value is -3.76. The molecule has 0 aliphatic carbocycles. The molecule has 216 valence electrons. The van der Waals surface area contributed by atoms with E-state index in [1.165, 1.54) is 26.9 Å². The number of sulfonamides is 1. The van der Waals surface area contributed by atoms with Gasteiger partial charge in [-0.1, -0.05) is 48.0 Å². The highest BCUT2D eigenvalue weighted by molar-refractivity contribution is 7.89. The van der Waals surface area contributed by atoms with E-state index in [9.17, 15) is 22.4 Å². The van der Waals surface area contributed by atoms with Crippen molar-refractivity contribution < 1.29 is 22.4 Å². The second-order valence-electron chi connectivity index (χ2n) is 10.8. The number of halogens is 1. The van der Waals surface area contributed by atoms with Crippen molar-refractivity contribution in [3.63, 3.8) is 0 Å². The van der Waals surface area contributed by atoms with Crippen molar-refractivity contribution in [2.75, 3.05) is 38.0 Å². The fraction of sp³-hybridized carbons (Fsp3) is 0.355. The van der Waals surface area contributed by atoms with Gasteiger partial charge in [-0.2, -0.15) is 4.31 Å². The Morgan fingerprint density at radius 1 is 0.854 bits per heavy atom. The van der Waals surface area contributed by atoms with Gasteiger partial charge in [-0.3, -0.25) is 4.79 Å². The number of nitrogens with one attached hydrogen (secondary N) is 1. The number of benzene rings is 3. The SMILES string of the molecule is Cc1ccc(NC(=O)N2CCN(S(=O)(=O)c3ccc(F)cc3)C(C(=O)N3CCC(Cc4ccccc4)CC3)C2)cc1. The molecule has 2 fully saturated rings. The zero-order valence-corrected chi connectivity index (χ0v) is 23.9. The summed E-state index contributed by atoms with van der Waals surface area (Å²) < 4.78 is 42.1. The van der Waals surface area contributed by atoms with Crippen LogP contribution < -0.4 is 5.32 Å². The molecule has 2 heterocycles. The van der Waals surface area contributed by atoms with Gasteiger partial charge in [0, 0.05) is 38.4 Å². The van der Waals surface area contributed by atoms with Crippen molar-refractivity contribution in [3.8, 4) is 0 Å². The first kappa shape index (κ1) is 28.8. The van der Waals surface area contributed by atoms with Crippen LogP contribution in [0.15, 0.2) is 83.8 Å². The predicted molar refractivity (Wildman–Crippen MR) is 155 cm³/mol. The zero-order valence-electron chi connectivity index (χ0n) is 23.1. The molecule has 3 aromatic rings. The Morgan fingerprint density at radius 2 is 1.51 bits per heavy atom. The summed E-state index contributed by atoms with van der Waals surface area (Å²) in [6.07, 6.45) is 2.57. The highest BCUT2D eigenvalue weighted by Gasteiger charge is 2.43. The van der Waals surface area contributed by atoms with Gasteiger partial charge in [0.1, 0.15) is 11.9 Å². The fourth-order valence-electron chi connectivity index (χ4n) is 5.54. The first-order valence-corrected chi connectivity index (χ1v) is 15.4. The van der Waals surface area contributed by atoms with E-state index in [0.29, 0.717) is 24.7 Å². The number of aryl methyl sites for hydroxylation is 1. The van der Waals surface area contributed by atoms with Crippen LogP contribution in [0.5, 0.6) is 0 Å². The summed E-state index contributed by atoms with van der Waals surface area (Å²) in [7, 11) is -4.12. The van der Waals surface area contributed by atoms with Crippen LogP contribution in [0.4, 0.5) is 14.9 Å². The number of piperidine rings is 1. The number of hydrogen-bond donors (Lipinski definition) is 1. The summed E-state index contributed by atoms with van der Waals surface area (Å²) in [5, 5.41) is 2.85. The number of hydrogen-bond acceptors (Lipinski definition) is 4. The molecule has 1 N–H and O–H groups in total. The lowest BCUT2D eigenvalue weighted by molar-refractivity contribution is -0.138. The number of rotatable bonds is 6. The number of piperazine rings is 1. The summed E-state index contributed by atoms with van der Waals surface area (Å²) in [6.45, 7) is 2.97. The van der Waals surface area contributed by atoms with E-state index in [1.807, 2.05) is 37.3 Å². The molecule has 3 amide bonds. The average Bonchev–Trinajstić information content (AvgIpc) is 2.99. The van der Waals surface area contributed by atoms with Gasteiger partial charge in [-0.05, 0) is 74.1 Å². The van der Waals surface area contributed by atoms with Crippen LogP contribution in [0.1, 0.15) is 24.0 Å². The Labute approximate surface area is 240 Å². The van der Waals surface area contributed by atoms with E-state index in [-0.39, 0.29) is 30.4 Å². The molecule has 0 radical (unpaired) electrons. The van der Waals surface area contributed by atoms with E-state index >= 15 is 0 Å². The maximum Gasteiger partial charge on any atom is 0.321 e. The number of likely N-dealkylation sites (tertiary alicyclic amines) is 1. The van der Waals surface area contributed by atoms with Gasteiger partial charge in [0.15, 0.2) is 0 Å². The monoisotopic (exact) mass is 578 g/mol. The Morgan fingerprint density at radius 3 is 2.17 bits per heavy atom. The van der Waals surface area contributed by atoms with Crippen molar-refractivity contribution in [3.05, 3.63) is 95.8 Å². The van der Waals surface area contributed by atoms with Crippen LogP contribution in [-0.2, 0) is 21.2 Å². The standard InChI is InChI=1S/C31H35FN4O4S/c1-23-7-11-27(12-8-23)33-31(38)35-19-20-36(41(39,40)28-13-9-26(32)10-14-28)29(22-35)30(37)34-17-15-25(16-18-34)21-24-5-3-2-4-6-24/h2-14,25,29H,15-22H2,1H3,(H,33,38). The minimum absolute atomic E-state index is 0.0537. The lowest BCUT2D eigenvalue weighted by atomic mass is 9.90. The molecular formula is C31H35FN4O4S. The molecule has 3 aromatic carbocycles. The molecule has 10 heteroatoms. The first-order valence-electron chi connectivity index (χ1n) is 13.9. The average molecular weight is 579 g/mol. The van der Waals surface area contributed by atoms with E-state index in [2.05, 4.69) is 17.4 Å². The van der Waals surface area contributed by atoms with Crippen LogP contribution in [0.3, 0.4) is 0 Å². The summed E-state index contributed by atoms with van der Waals surface area (Å²) in [6, 6.07) is 20.7. The number of carbonyl (C=O) groups excluding carboxylic acids is 2. The molecule has 8 nitrogen and oxygen atoms in total. The van der Waals surface area contributed by atoms with Crippen molar-refractivity contribution in [2.24, 2.45) is 5.92 Å². The summed E-state index contributed by atoms with van der Waals surface area (Å²) in [4.78, 5) is 30.2. The molecule has 1 unspecified atom stereocenters.